The quantitative estimate of drug-likeness (QED) is 0.0691. The number of hydrogen-bond acceptors (Lipinski definition) is 6. The van der Waals surface area contributed by atoms with E-state index in [0.717, 1.165) is 85.7 Å². The first kappa shape index (κ1) is 38.6. The van der Waals surface area contributed by atoms with E-state index in [-0.39, 0.29) is 5.91 Å². The normalized spacial score (nSPS) is 12.0. The molecular formula is C41H54N4O4S. The average molecular weight is 699 g/mol. The van der Waals surface area contributed by atoms with Gasteiger partial charge < -0.3 is 24.3 Å². The molecule has 0 aliphatic rings. The Morgan fingerprint density at radius 1 is 0.940 bits per heavy atom. The number of aryl methyl sites for hydroxylation is 1. The number of imidazole rings is 1. The van der Waals surface area contributed by atoms with Crippen LogP contribution in [0.2, 0.25) is 0 Å². The van der Waals surface area contributed by atoms with Crippen molar-refractivity contribution in [3.8, 4) is 16.9 Å². The van der Waals surface area contributed by atoms with Gasteiger partial charge in [-0.25, -0.2) is 4.98 Å². The van der Waals surface area contributed by atoms with Crippen LogP contribution >= 0.6 is 0 Å². The molecule has 1 heterocycles. The number of carbonyl (C=O) groups is 1. The van der Waals surface area contributed by atoms with Gasteiger partial charge in [-0.15, -0.1) is 0 Å². The number of aromatic nitrogens is 2. The van der Waals surface area contributed by atoms with Gasteiger partial charge in [0.2, 0.25) is 5.91 Å². The van der Waals surface area contributed by atoms with Crippen LogP contribution in [0.15, 0.2) is 90.2 Å². The summed E-state index contributed by atoms with van der Waals surface area (Å²) in [6.07, 6.45) is 11.2. The van der Waals surface area contributed by atoms with Crippen molar-refractivity contribution in [2.45, 2.75) is 77.5 Å². The molecule has 1 aromatic heterocycles. The molecule has 268 valence electrons. The van der Waals surface area contributed by atoms with Gasteiger partial charge >= 0.3 is 0 Å². The van der Waals surface area contributed by atoms with Crippen molar-refractivity contribution in [2.75, 3.05) is 43.1 Å². The van der Waals surface area contributed by atoms with Crippen LogP contribution in [0.1, 0.15) is 71.6 Å². The Balaban J connectivity index is 1.46. The Morgan fingerprint density at radius 2 is 1.70 bits per heavy atom. The van der Waals surface area contributed by atoms with Crippen molar-refractivity contribution < 1.29 is 18.5 Å². The van der Waals surface area contributed by atoms with Crippen LogP contribution in [-0.4, -0.2) is 52.6 Å². The monoisotopic (exact) mass is 698 g/mol. The molecule has 0 saturated carbocycles. The zero-order valence-electron chi connectivity index (χ0n) is 30.4. The molecule has 0 fully saturated rings. The first-order valence-corrected chi connectivity index (χ1v) is 19.3. The average Bonchev–Trinajstić information content (AvgIpc) is 3.55. The smallest absolute Gasteiger partial charge is 0.248 e. The van der Waals surface area contributed by atoms with E-state index in [9.17, 15) is 9.00 Å². The summed E-state index contributed by atoms with van der Waals surface area (Å²) < 4.78 is 26.6. The van der Waals surface area contributed by atoms with Crippen molar-refractivity contribution in [3.63, 3.8) is 0 Å². The fourth-order valence-electron chi connectivity index (χ4n) is 5.65. The number of benzene rings is 3. The zero-order valence-corrected chi connectivity index (χ0v) is 31.2. The van der Waals surface area contributed by atoms with Crippen LogP contribution < -0.4 is 15.0 Å². The molecule has 3 aromatic carbocycles. The molecule has 9 heteroatoms. The predicted molar refractivity (Wildman–Crippen MR) is 207 cm³/mol. The van der Waals surface area contributed by atoms with Crippen molar-refractivity contribution in [1.29, 1.82) is 0 Å². The number of ether oxygens (including phenoxy) is 2. The number of unbranched alkanes of at least 4 members (excludes halogenated alkanes) is 1. The zero-order chi connectivity index (χ0) is 35.7. The largest absolute Gasteiger partial charge is 0.491 e. The molecule has 1 atom stereocenters. The number of nitrogens with one attached hydrogen (secondary N) is 1. The van der Waals surface area contributed by atoms with Gasteiger partial charge in [-0.2, -0.15) is 0 Å². The third-order valence-corrected chi connectivity index (χ3v) is 9.47. The van der Waals surface area contributed by atoms with E-state index in [0.29, 0.717) is 35.5 Å². The van der Waals surface area contributed by atoms with E-state index in [2.05, 4.69) is 80.2 Å². The van der Waals surface area contributed by atoms with Gasteiger partial charge in [-0.1, -0.05) is 59.2 Å². The highest BCUT2D eigenvalue weighted by molar-refractivity contribution is 7.84. The molecule has 0 saturated heterocycles. The van der Waals surface area contributed by atoms with Gasteiger partial charge in [0.25, 0.3) is 0 Å². The summed E-state index contributed by atoms with van der Waals surface area (Å²) in [7, 11) is -1.22. The first-order chi connectivity index (χ1) is 24.3. The van der Waals surface area contributed by atoms with Gasteiger partial charge in [0.15, 0.2) is 0 Å². The molecule has 50 heavy (non-hydrogen) atoms. The van der Waals surface area contributed by atoms with Crippen LogP contribution in [0.4, 0.5) is 11.4 Å². The Labute approximate surface area is 301 Å². The predicted octanol–water partition coefficient (Wildman–Crippen LogP) is 8.99. The summed E-state index contributed by atoms with van der Waals surface area (Å²) in [5, 5.41) is 2.96. The SMILES string of the molecule is CCCCOCCOc1ccc(-c2ccc(N(CCC)CC(C)C)c(/C=C/C(=O)Nc3ccc([S@@](=O)Cc4cncn4CCC)cc3)c2)cc1. The van der Waals surface area contributed by atoms with Crippen molar-refractivity contribution in [2.24, 2.45) is 5.92 Å². The molecule has 1 N–H and O–H groups in total. The topological polar surface area (TPSA) is 85.7 Å². The second kappa shape index (κ2) is 20.5. The summed E-state index contributed by atoms with van der Waals surface area (Å²) in [4.78, 5) is 20.5. The lowest BCUT2D eigenvalue weighted by Gasteiger charge is -2.28. The summed E-state index contributed by atoms with van der Waals surface area (Å²) in [6.45, 7) is 15.5. The van der Waals surface area contributed by atoms with Gasteiger partial charge in [0, 0.05) is 54.8 Å². The van der Waals surface area contributed by atoms with Crippen molar-refractivity contribution >= 4 is 34.2 Å². The van der Waals surface area contributed by atoms with Crippen molar-refractivity contribution in [3.05, 3.63) is 96.6 Å². The molecule has 0 bridgehead atoms. The number of nitrogens with zero attached hydrogens (tertiary/aromatic N) is 3. The van der Waals surface area contributed by atoms with E-state index in [4.69, 9.17) is 9.47 Å². The van der Waals surface area contributed by atoms with Gasteiger partial charge in [-0.3, -0.25) is 9.00 Å². The van der Waals surface area contributed by atoms with Crippen LogP contribution in [-0.2, 0) is 32.6 Å². The molecule has 0 radical (unpaired) electrons. The Kier molecular flexibility index (Phi) is 15.8. The molecule has 4 rings (SSSR count). The van der Waals surface area contributed by atoms with Crippen LogP contribution in [0, 0.1) is 5.92 Å². The Morgan fingerprint density at radius 3 is 2.40 bits per heavy atom. The summed E-state index contributed by atoms with van der Waals surface area (Å²) in [5.74, 6) is 1.46. The molecule has 0 spiro atoms. The van der Waals surface area contributed by atoms with E-state index in [1.54, 1.807) is 30.7 Å². The van der Waals surface area contributed by atoms with E-state index in [1.165, 1.54) is 0 Å². The number of carbonyl (C=O) groups excluding carboxylic acids is 1. The number of anilines is 2. The minimum absolute atomic E-state index is 0.232. The Bertz CT molecular complexity index is 1660. The minimum atomic E-state index is -1.22. The molecule has 8 nitrogen and oxygen atoms in total. The summed E-state index contributed by atoms with van der Waals surface area (Å²) in [5.41, 5.74) is 5.80. The van der Waals surface area contributed by atoms with Gasteiger partial charge in [0.1, 0.15) is 12.4 Å². The summed E-state index contributed by atoms with van der Waals surface area (Å²) in [6, 6.07) is 21.8. The number of hydrogen-bond donors (Lipinski definition) is 1. The van der Waals surface area contributed by atoms with Gasteiger partial charge in [0.05, 0.1) is 35.2 Å². The minimum Gasteiger partial charge on any atom is -0.491 e. The number of amides is 1. The van der Waals surface area contributed by atoms with Gasteiger partial charge in [-0.05, 0) is 96.5 Å². The van der Waals surface area contributed by atoms with Crippen LogP contribution in [0.25, 0.3) is 17.2 Å². The lowest BCUT2D eigenvalue weighted by atomic mass is 10.00. The standard InChI is InChI=1S/C41H54N4O4S/c1-6-9-24-48-25-26-49-38-16-10-33(11-17-38)34-12-20-40(44(22-7-2)29-32(4)5)35(27-34)13-21-41(46)43-36-14-18-39(19-15-36)50(47)30-37-28-42-31-45(37)23-8-3/h10-21,27-28,31-32H,6-9,22-26,29-30H2,1-5H3,(H,43,46)/b21-13+/t50-/m0/s1. The van der Waals surface area contributed by atoms with Crippen molar-refractivity contribution in [1.82, 2.24) is 9.55 Å². The summed E-state index contributed by atoms with van der Waals surface area (Å²) >= 11 is 0. The van der Waals surface area contributed by atoms with Crippen LogP contribution in [0.5, 0.6) is 5.75 Å². The maximum absolute atomic E-state index is 13.1. The van der Waals surface area contributed by atoms with Crippen LogP contribution in [0.3, 0.4) is 0 Å². The molecule has 0 aliphatic heterocycles. The highest BCUT2D eigenvalue weighted by Gasteiger charge is 2.14. The third-order valence-electron chi connectivity index (χ3n) is 8.11. The lowest BCUT2D eigenvalue weighted by molar-refractivity contribution is -0.111. The maximum Gasteiger partial charge on any atom is 0.248 e. The third kappa shape index (κ3) is 12.0. The molecule has 1 amide bonds. The van der Waals surface area contributed by atoms with E-state index in [1.807, 2.05) is 34.9 Å². The first-order valence-electron chi connectivity index (χ1n) is 18.0. The van der Waals surface area contributed by atoms with E-state index < -0.39 is 10.8 Å². The molecular weight excluding hydrogens is 645 g/mol. The highest BCUT2D eigenvalue weighted by atomic mass is 32.2. The second-order valence-corrected chi connectivity index (χ2v) is 14.3. The maximum atomic E-state index is 13.1. The second-order valence-electron chi connectivity index (χ2n) is 12.9. The molecule has 0 unspecified atom stereocenters. The lowest BCUT2D eigenvalue weighted by Crippen LogP contribution is -2.29. The fraction of sp³-hybridized carbons (Fsp3) is 0.415. The highest BCUT2D eigenvalue weighted by Crippen LogP contribution is 2.31. The number of rotatable bonds is 21. The fourth-order valence-corrected chi connectivity index (χ4v) is 6.77. The van der Waals surface area contributed by atoms with E-state index >= 15 is 0 Å². The molecule has 0 aliphatic carbocycles. The molecule has 4 aromatic rings. The Hall–Kier alpha value is -4.21.